The second-order valence-electron chi connectivity index (χ2n) is 4.79. The lowest BCUT2D eigenvalue weighted by molar-refractivity contribution is 0.185. The first-order chi connectivity index (χ1) is 10.7. The van der Waals surface area contributed by atoms with Gasteiger partial charge < -0.3 is 20.3 Å². The van der Waals surface area contributed by atoms with Crippen LogP contribution < -0.4 is 15.2 Å². The predicted octanol–water partition coefficient (Wildman–Crippen LogP) is 3.31. The van der Waals surface area contributed by atoms with Gasteiger partial charge in [0.2, 0.25) is 0 Å². The van der Waals surface area contributed by atoms with Crippen molar-refractivity contribution < 1.29 is 14.6 Å². The van der Waals surface area contributed by atoms with Crippen LogP contribution in [0.3, 0.4) is 0 Å². The molecule has 5 heteroatoms. The number of hydrogen-bond donors (Lipinski definition) is 2. The zero-order chi connectivity index (χ0) is 15.9. The summed E-state index contributed by atoms with van der Waals surface area (Å²) in [6, 6.07) is 13.2. The third-order valence-electron chi connectivity index (χ3n) is 3.17. The molecular weight excluding hydrogens is 302 g/mol. The minimum absolute atomic E-state index is 0.117. The summed E-state index contributed by atoms with van der Waals surface area (Å²) < 4.78 is 11.4. The first kappa shape index (κ1) is 16.6. The predicted molar refractivity (Wildman–Crippen MR) is 87.4 cm³/mol. The molecule has 0 saturated carbocycles. The number of nitrogens with two attached hydrogens (primary N) is 1. The molecule has 118 valence electrons. The van der Waals surface area contributed by atoms with Crippen LogP contribution in [0.5, 0.6) is 11.5 Å². The van der Waals surface area contributed by atoms with Crippen molar-refractivity contribution in [2.75, 3.05) is 13.2 Å². The van der Waals surface area contributed by atoms with Crippen molar-refractivity contribution >= 4 is 11.6 Å². The minimum Gasteiger partial charge on any atom is -0.490 e. The van der Waals surface area contributed by atoms with E-state index in [9.17, 15) is 5.11 Å². The van der Waals surface area contributed by atoms with Crippen molar-refractivity contribution in [2.24, 2.45) is 5.73 Å². The average Bonchev–Trinajstić information content (AvgIpc) is 2.54. The Labute approximate surface area is 135 Å². The van der Waals surface area contributed by atoms with Crippen LogP contribution in [-0.4, -0.2) is 18.3 Å². The van der Waals surface area contributed by atoms with Crippen molar-refractivity contribution in [3.8, 4) is 11.5 Å². The van der Waals surface area contributed by atoms with E-state index in [0.29, 0.717) is 35.3 Å². The molecule has 0 bridgehead atoms. The molecule has 1 unspecified atom stereocenters. The van der Waals surface area contributed by atoms with Gasteiger partial charge in [-0.2, -0.15) is 0 Å². The van der Waals surface area contributed by atoms with Crippen LogP contribution >= 0.6 is 11.6 Å². The van der Waals surface area contributed by atoms with E-state index in [4.69, 9.17) is 26.8 Å². The summed E-state index contributed by atoms with van der Waals surface area (Å²) in [5, 5.41) is 10.3. The van der Waals surface area contributed by atoms with Gasteiger partial charge in [0, 0.05) is 6.54 Å². The standard InChI is InChI=1S/C17H20ClNO3/c1-2-21-16-9-13(15(20)10-19)8-14(18)17(16)22-11-12-6-4-3-5-7-12/h3-9,15,20H,2,10-11,19H2,1H3. The van der Waals surface area contributed by atoms with E-state index in [1.54, 1.807) is 12.1 Å². The monoisotopic (exact) mass is 321 g/mol. The fourth-order valence-corrected chi connectivity index (χ4v) is 2.32. The number of hydrogen-bond acceptors (Lipinski definition) is 4. The van der Waals surface area contributed by atoms with Crippen LogP contribution in [0.15, 0.2) is 42.5 Å². The Bertz CT molecular complexity index is 604. The lowest BCUT2D eigenvalue weighted by atomic mass is 10.1. The summed E-state index contributed by atoms with van der Waals surface area (Å²) in [4.78, 5) is 0. The Hall–Kier alpha value is -1.75. The van der Waals surface area contributed by atoms with E-state index in [2.05, 4.69) is 0 Å². The molecule has 2 aromatic carbocycles. The zero-order valence-corrected chi connectivity index (χ0v) is 13.2. The van der Waals surface area contributed by atoms with Crippen LogP contribution in [-0.2, 0) is 6.61 Å². The van der Waals surface area contributed by atoms with Crippen LogP contribution in [0.25, 0.3) is 0 Å². The molecule has 0 heterocycles. The molecule has 0 aliphatic carbocycles. The number of aliphatic hydroxyl groups is 1. The molecule has 0 aliphatic heterocycles. The highest BCUT2D eigenvalue weighted by Gasteiger charge is 2.16. The third kappa shape index (κ3) is 4.13. The van der Waals surface area contributed by atoms with Crippen molar-refractivity contribution in [1.29, 1.82) is 0 Å². The maximum Gasteiger partial charge on any atom is 0.180 e. The topological polar surface area (TPSA) is 64.7 Å². The molecular formula is C17H20ClNO3. The van der Waals surface area contributed by atoms with Gasteiger partial charge in [-0.05, 0) is 30.2 Å². The van der Waals surface area contributed by atoms with Gasteiger partial charge in [0.25, 0.3) is 0 Å². The number of halogens is 1. The van der Waals surface area contributed by atoms with E-state index in [1.807, 2.05) is 37.3 Å². The molecule has 0 amide bonds. The Kier molecular flexibility index (Phi) is 6.07. The second-order valence-corrected chi connectivity index (χ2v) is 5.20. The van der Waals surface area contributed by atoms with E-state index in [1.165, 1.54) is 0 Å². The van der Waals surface area contributed by atoms with E-state index >= 15 is 0 Å². The number of benzene rings is 2. The van der Waals surface area contributed by atoms with Crippen LogP contribution in [0.1, 0.15) is 24.2 Å². The molecule has 0 fully saturated rings. The van der Waals surface area contributed by atoms with Crippen molar-refractivity contribution in [1.82, 2.24) is 0 Å². The molecule has 4 nitrogen and oxygen atoms in total. The van der Waals surface area contributed by atoms with Gasteiger partial charge in [0.05, 0.1) is 17.7 Å². The van der Waals surface area contributed by atoms with Crippen LogP contribution in [0.2, 0.25) is 5.02 Å². The van der Waals surface area contributed by atoms with Crippen LogP contribution in [0, 0.1) is 0 Å². The Balaban J connectivity index is 2.25. The van der Waals surface area contributed by atoms with Gasteiger partial charge in [-0.3, -0.25) is 0 Å². The minimum atomic E-state index is -0.778. The molecule has 2 aromatic rings. The first-order valence-electron chi connectivity index (χ1n) is 7.16. The number of aliphatic hydroxyl groups excluding tert-OH is 1. The molecule has 0 radical (unpaired) electrons. The summed E-state index contributed by atoms with van der Waals surface area (Å²) >= 11 is 6.28. The van der Waals surface area contributed by atoms with E-state index in [-0.39, 0.29) is 6.54 Å². The SMILES string of the molecule is CCOc1cc(C(O)CN)cc(Cl)c1OCc1ccccc1. The summed E-state index contributed by atoms with van der Waals surface area (Å²) in [6.45, 7) is 2.85. The summed E-state index contributed by atoms with van der Waals surface area (Å²) in [5.41, 5.74) is 7.13. The molecule has 3 N–H and O–H groups in total. The van der Waals surface area contributed by atoms with Gasteiger partial charge in [-0.25, -0.2) is 0 Å². The lowest BCUT2D eigenvalue weighted by Gasteiger charge is -2.17. The lowest BCUT2D eigenvalue weighted by Crippen LogP contribution is -2.12. The van der Waals surface area contributed by atoms with Gasteiger partial charge in [0.1, 0.15) is 6.61 Å². The van der Waals surface area contributed by atoms with Crippen molar-refractivity contribution in [3.05, 3.63) is 58.6 Å². The normalized spacial score (nSPS) is 12.0. The van der Waals surface area contributed by atoms with E-state index in [0.717, 1.165) is 5.56 Å². The summed E-state index contributed by atoms with van der Waals surface area (Å²) in [5.74, 6) is 0.980. The Morgan fingerprint density at radius 2 is 1.91 bits per heavy atom. The largest absolute Gasteiger partial charge is 0.490 e. The van der Waals surface area contributed by atoms with Gasteiger partial charge in [0.15, 0.2) is 11.5 Å². The molecule has 22 heavy (non-hydrogen) atoms. The molecule has 0 aromatic heterocycles. The maximum absolute atomic E-state index is 9.87. The van der Waals surface area contributed by atoms with Gasteiger partial charge in [-0.1, -0.05) is 41.9 Å². The van der Waals surface area contributed by atoms with Crippen LogP contribution in [0.4, 0.5) is 0 Å². The molecule has 2 rings (SSSR count). The fourth-order valence-electron chi connectivity index (χ4n) is 2.05. The summed E-state index contributed by atoms with van der Waals surface area (Å²) in [7, 11) is 0. The quantitative estimate of drug-likeness (QED) is 0.821. The Morgan fingerprint density at radius 1 is 1.18 bits per heavy atom. The van der Waals surface area contributed by atoms with Gasteiger partial charge in [-0.15, -0.1) is 0 Å². The molecule has 1 atom stereocenters. The fraction of sp³-hybridized carbons (Fsp3) is 0.294. The summed E-state index contributed by atoms with van der Waals surface area (Å²) in [6.07, 6.45) is -0.778. The Morgan fingerprint density at radius 3 is 2.55 bits per heavy atom. The second kappa shape index (κ2) is 8.03. The van der Waals surface area contributed by atoms with Crippen molar-refractivity contribution in [2.45, 2.75) is 19.6 Å². The van der Waals surface area contributed by atoms with Gasteiger partial charge >= 0.3 is 0 Å². The average molecular weight is 322 g/mol. The third-order valence-corrected chi connectivity index (χ3v) is 3.45. The van der Waals surface area contributed by atoms with E-state index < -0.39 is 6.10 Å². The zero-order valence-electron chi connectivity index (χ0n) is 12.5. The number of ether oxygens (including phenoxy) is 2. The number of rotatable bonds is 7. The highest BCUT2D eigenvalue weighted by Crippen LogP contribution is 2.38. The molecule has 0 spiro atoms. The highest BCUT2D eigenvalue weighted by atomic mass is 35.5. The first-order valence-corrected chi connectivity index (χ1v) is 7.54. The van der Waals surface area contributed by atoms with Crippen molar-refractivity contribution in [3.63, 3.8) is 0 Å². The highest BCUT2D eigenvalue weighted by molar-refractivity contribution is 6.32. The smallest absolute Gasteiger partial charge is 0.180 e. The molecule has 0 aliphatic rings. The maximum atomic E-state index is 9.87. The molecule has 0 saturated heterocycles.